The Kier molecular flexibility index (Phi) is 5.76. The topological polar surface area (TPSA) is 32.3 Å². The molecule has 3 rings (SSSR count). The lowest BCUT2D eigenvalue weighted by Crippen LogP contribution is -2.42. The second-order valence-corrected chi connectivity index (χ2v) is 6.51. The molecule has 2 aromatic carbocycles. The Morgan fingerprint density at radius 2 is 1.88 bits per heavy atom. The van der Waals surface area contributed by atoms with Gasteiger partial charge in [0.05, 0.1) is 5.92 Å². The number of benzene rings is 2. The zero-order valence-corrected chi connectivity index (χ0v) is 14.1. The second kappa shape index (κ2) is 8.21. The van der Waals surface area contributed by atoms with Crippen LogP contribution in [-0.4, -0.2) is 23.9 Å². The number of likely N-dealkylation sites (tertiary alicyclic amines) is 1. The summed E-state index contributed by atoms with van der Waals surface area (Å²) in [5, 5.41) is 2.85. The minimum Gasteiger partial charge on any atom is -0.352 e. The quantitative estimate of drug-likeness (QED) is 0.900. The number of nitrogens with zero attached hydrogens (tertiary/aromatic N) is 1. The number of nitrogens with one attached hydrogen (secondary N) is 1. The molecule has 1 saturated heterocycles. The molecule has 1 fully saturated rings. The first-order valence-corrected chi connectivity index (χ1v) is 8.60. The highest BCUT2D eigenvalue weighted by atomic mass is 19.1. The Bertz CT molecular complexity index is 718. The highest BCUT2D eigenvalue weighted by Gasteiger charge is 2.25. The fraction of sp³-hybridized carbons (Fsp3) is 0.350. The number of amides is 1. The maximum Gasteiger partial charge on any atom is 0.224 e. The van der Waals surface area contributed by atoms with Crippen LogP contribution >= 0.6 is 0 Å². The van der Waals surface area contributed by atoms with Crippen molar-refractivity contribution < 1.29 is 13.6 Å². The molecule has 1 unspecified atom stereocenters. The highest BCUT2D eigenvalue weighted by molar-refractivity contribution is 5.79. The van der Waals surface area contributed by atoms with Gasteiger partial charge in [0, 0.05) is 25.2 Å². The van der Waals surface area contributed by atoms with Crippen LogP contribution in [0.25, 0.3) is 0 Å². The molecule has 2 aromatic rings. The SMILES string of the molecule is O=C(NCc1ccccc1F)C1CCCN(Cc2ccc(F)cc2)C1. The highest BCUT2D eigenvalue weighted by Crippen LogP contribution is 2.19. The normalized spacial score (nSPS) is 18.1. The van der Waals surface area contributed by atoms with Crippen molar-refractivity contribution in [2.24, 2.45) is 5.92 Å². The molecule has 0 aliphatic carbocycles. The Balaban J connectivity index is 1.52. The second-order valence-electron chi connectivity index (χ2n) is 6.51. The third-order valence-corrected chi connectivity index (χ3v) is 4.61. The van der Waals surface area contributed by atoms with Gasteiger partial charge in [-0.25, -0.2) is 8.78 Å². The molecule has 0 spiro atoms. The summed E-state index contributed by atoms with van der Waals surface area (Å²) in [6.07, 6.45) is 1.78. The maximum atomic E-state index is 13.6. The molecule has 0 saturated carbocycles. The molecular formula is C20H22F2N2O. The van der Waals surface area contributed by atoms with Gasteiger partial charge >= 0.3 is 0 Å². The molecule has 132 valence electrons. The molecule has 1 amide bonds. The molecular weight excluding hydrogens is 322 g/mol. The lowest BCUT2D eigenvalue weighted by Gasteiger charge is -2.32. The van der Waals surface area contributed by atoms with E-state index in [4.69, 9.17) is 0 Å². The zero-order valence-electron chi connectivity index (χ0n) is 14.1. The zero-order chi connectivity index (χ0) is 17.6. The van der Waals surface area contributed by atoms with Crippen molar-refractivity contribution in [3.05, 3.63) is 71.3 Å². The van der Waals surface area contributed by atoms with E-state index in [2.05, 4.69) is 10.2 Å². The van der Waals surface area contributed by atoms with Gasteiger partial charge in [0.25, 0.3) is 0 Å². The summed E-state index contributed by atoms with van der Waals surface area (Å²) in [5.74, 6) is -0.676. The van der Waals surface area contributed by atoms with Crippen molar-refractivity contribution in [2.45, 2.75) is 25.9 Å². The van der Waals surface area contributed by atoms with Crippen molar-refractivity contribution in [1.29, 1.82) is 0 Å². The molecule has 5 heteroatoms. The monoisotopic (exact) mass is 344 g/mol. The van der Waals surface area contributed by atoms with Gasteiger partial charge < -0.3 is 5.32 Å². The average Bonchev–Trinajstić information content (AvgIpc) is 2.63. The van der Waals surface area contributed by atoms with Crippen LogP contribution in [0, 0.1) is 17.6 Å². The van der Waals surface area contributed by atoms with Crippen LogP contribution in [-0.2, 0) is 17.9 Å². The Morgan fingerprint density at radius 3 is 2.64 bits per heavy atom. The molecule has 1 aliphatic rings. The van der Waals surface area contributed by atoms with Crippen molar-refractivity contribution in [3.63, 3.8) is 0 Å². The number of carbonyl (C=O) groups excluding carboxylic acids is 1. The molecule has 3 nitrogen and oxygen atoms in total. The van der Waals surface area contributed by atoms with Gasteiger partial charge in [0.15, 0.2) is 0 Å². The fourth-order valence-corrected chi connectivity index (χ4v) is 3.23. The van der Waals surface area contributed by atoms with Gasteiger partial charge in [-0.1, -0.05) is 30.3 Å². The van der Waals surface area contributed by atoms with Crippen molar-refractivity contribution in [1.82, 2.24) is 10.2 Å². The summed E-state index contributed by atoms with van der Waals surface area (Å²) in [6, 6.07) is 12.9. The molecule has 1 aliphatic heterocycles. The molecule has 0 aromatic heterocycles. The van der Waals surface area contributed by atoms with E-state index in [-0.39, 0.29) is 30.0 Å². The molecule has 0 bridgehead atoms. The summed E-state index contributed by atoms with van der Waals surface area (Å²) in [6.45, 7) is 2.51. The van der Waals surface area contributed by atoms with E-state index >= 15 is 0 Å². The molecule has 1 N–H and O–H groups in total. The summed E-state index contributed by atoms with van der Waals surface area (Å²) in [7, 11) is 0. The summed E-state index contributed by atoms with van der Waals surface area (Å²) in [4.78, 5) is 14.6. The van der Waals surface area contributed by atoms with E-state index in [9.17, 15) is 13.6 Å². The van der Waals surface area contributed by atoms with E-state index < -0.39 is 0 Å². The number of hydrogen-bond donors (Lipinski definition) is 1. The summed E-state index contributed by atoms with van der Waals surface area (Å²) < 4.78 is 26.6. The lowest BCUT2D eigenvalue weighted by molar-refractivity contribution is -0.127. The minimum atomic E-state index is -0.301. The van der Waals surface area contributed by atoms with E-state index in [0.29, 0.717) is 18.7 Å². The average molecular weight is 344 g/mol. The van der Waals surface area contributed by atoms with E-state index in [1.165, 1.54) is 18.2 Å². The number of hydrogen-bond acceptors (Lipinski definition) is 2. The van der Waals surface area contributed by atoms with Crippen molar-refractivity contribution in [3.8, 4) is 0 Å². The third kappa shape index (κ3) is 4.86. The fourth-order valence-electron chi connectivity index (χ4n) is 3.23. The maximum absolute atomic E-state index is 13.6. The molecule has 25 heavy (non-hydrogen) atoms. The van der Waals surface area contributed by atoms with E-state index in [0.717, 1.165) is 24.9 Å². The van der Waals surface area contributed by atoms with Crippen LogP contribution in [0.2, 0.25) is 0 Å². The van der Waals surface area contributed by atoms with Gasteiger partial charge in [-0.3, -0.25) is 9.69 Å². The number of piperidine rings is 1. The largest absolute Gasteiger partial charge is 0.352 e. The van der Waals surface area contributed by atoms with Gasteiger partial charge in [-0.15, -0.1) is 0 Å². The predicted octanol–water partition coefficient (Wildman–Crippen LogP) is 3.49. The standard InChI is InChI=1S/C20H22F2N2O/c21-18-9-7-15(8-10-18)13-24-11-3-5-17(14-24)20(25)23-12-16-4-1-2-6-19(16)22/h1-2,4,6-10,17H,3,5,11-14H2,(H,23,25). The number of carbonyl (C=O) groups is 1. The lowest BCUT2D eigenvalue weighted by atomic mass is 9.96. The molecule has 0 radical (unpaired) electrons. The van der Waals surface area contributed by atoms with Crippen LogP contribution in [0.4, 0.5) is 8.78 Å². The van der Waals surface area contributed by atoms with Crippen LogP contribution < -0.4 is 5.32 Å². The van der Waals surface area contributed by atoms with Crippen LogP contribution in [0.15, 0.2) is 48.5 Å². The first kappa shape index (κ1) is 17.5. The van der Waals surface area contributed by atoms with Crippen molar-refractivity contribution >= 4 is 5.91 Å². The molecule has 1 heterocycles. The van der Waals surface area contributed by atoms with Crippen LogP contribution in [0.5, 0.6) is 0 Å². The summed E-state index contributed by atoms with van der Waals surface area (Å²) in [5.41, 5.74) is 1.53. The van der Waals surface area contributed by atoms with Gasteiger partial charge in [-0.2, -0.15) is 0 Å². The number of halogens is 2. The Labute approximate surface area is 146 Å². The van der Waals surface area contributed by atoms with Gasteiger partial charge in [-0.05, 0) is 43.1 Å². The van der Waals surface area contributed by atoms with E-state index in [1.807, 2.05) is 0 Å². The summed E-state index contributed by atoms with van der Waals surface area (Å²) >= 11 is 0. The third-order valence-electron chi connectivity index (χ3n) is 4.61. The number of rotatable bonds is 5. The first-order chi connectivity index (χ1) is 12.1. The predicted molar refractivity (Wildman–Crippen MR) is 92.6 cm³/mol. The minimum absolute atomic E-state index is 0.0351. The Morgan fingerprint density at radius 1 is 1.12 bits per heavy atom. The van der Waals surface area contributed by atoms with Crippen LogP contribution in [0.1, 0.15) is 24.0 Å². The van der Waals surface area contributed by atoms with Crippen molar-refractivity contribution in [2.75, 3.05) is 13.1 Å². The molecule has 1 atom stereocenters. The first-order valence-electron chi connectivity index (χ1n) is 8.60. The van der Waals surface area contributed by atoms with E-state index in [1.54, 1.807) is 30.3 Å². The van der Waals surface area contributed by atoms with Gasteiger partial charge in [0.2, 0.25) is 5.91 Å². The smallest absolute Gasteiger partial charge is 0.224 e. The Hall–Kier alpha value is -2.27. The van der Waals surface area contributed by atoms with Gasteiger partial charge in [0.1, 0.15) is 11.6 Å². The van der Waals surface area contributed by atoms with Crippen LogP contribution in [0.3, 0.4) is 0 Å².